The number of amides is 2. The number of rotatable bonds is 10. The van der Waals surface area contributed by atoms with Crippen LogP contribution in [0, 0.1) is 5.82 Å². The number of nitrogens with zero attached hydrogens (tertiary/aromatic N) is 1. The highest BCUT2D eigenvalue weighted by Gasteiger charge is 2.32. The Labute approximate surface area is 245 Å². The van der Waals surface area contributed by atoms with Gasteiger partial charge in [0.1, 0.15) is 17.6 Å². The summed E-state index contributed by atoms with van der Waals surface area (Å²) < 4.78 is 20.4. The molecule has 0 radical (unpaired) electrons. The van der Waals surface area contributed by atoms with E-state index in [0.717, 1.165) is 46.8 Å². The number of hydrogen-bond acceptors (Lipinski definition) is 3. The van der Waals surface area contributed by atoms with Crippen molar-refractivity contribution in [2.75, 3.05) is 6.61 Å². The average molecular weight is 610 g/mol. The summed E-state index contributed by atoms with van der Waals surface area (Å²) in [5.74, 6) is -0.299. The Kier molecular flexibility index (Phi) is 10.0. The number of carbonyl (C=O) groups is 2. The van der Waals surface area contributed by atoms with Crippen LogP contribution in [0.1, 0.15) is 63.1 Å². The summed E-state index contributed by atoms with van der Waals surface area (Å²) in [5, 5.41) is 3.19. The van der Waals surface area contributed by atoms with Crippen LogP contribution in [0.4, 0.5) is 4.39 Å². The number of carbonyl (C=O) groups excluding carboxylic acids is 2. The molecule has 1 N–H and O–H groups in total. The number of nitrogens with one attached hydrogen (secondary N) is 1. The van der Waals surface area contributed by atoms with E-state index in [4.69, 9.17) is 4.74 Å². The molecule has 7 heteroatoms. The lowest BCUT2D eigenvalue weighted by Gasteiger charge is -2.32. The van der Waals surface area contributed by atoms with Gasteiger partial charge in [-0.3, -0.25) is 9.59 Å². The van der Waals surface area contributed by atoms with Crippen molar-refractivity contribution in [1.29, 1.82) is 0 Å². The molecule has 3 aromatic rings. The molecular formula is C33H38BrFN2O3. The molecule has 5 nitrogen and oxygen atoms in total. The smallest absolute Gasteiger partial charge is 0.261 e. The van der Waals surface area contributed by atoms with Crippen molar-refractivity contribution in [3.63, 3.8) is 0 Å². The lowest BCUT2D eigenvalue weighted by molar-refractivity contribution is -0.143. The zero-order chi connectivity index (χ0) is 28.7. The zero-order valence-electron chi connectivity index (χ0n) is 23.5. The van der Waals surface area contributed by atoms with Crippen molar-refractivity contribution in [3.8, 4) is 5.75 Å². The zero-order valence-corrected chi connectivity index (χ0v) is 25.0. The van der Waals surface area contributed by atoms with Crippen molar-refractivity contribution in [1.82, 2.24) is 10.2 Å². The minimum absolute atomic E-state index is 0.0276. The van der Waals surface area contributed by atoms with E-state index in [1.54, 1.807) is 17.0 Å². The Bertz CT molecular complexity index is 1290. The predicted molar refractivity (Wildman–Crippen MR) is 160 cm³/mol. The predicted octanol–water partition coefficient (Wildman–Crippen LogP) is 6.96. The van der Waals surface area contributed by atoms with E-state index >= 15 is 0 Å². The molecule has 0 heterocycles. The number of ether oxygens (including phenoxy) is 1. The summed E-state index contributed by atoms with van der Waals surface area (Å²) in [6.07, 6.45) is 4.41. The topological polar surface area (TPSA) is 58.6 Å². The number of halogens is 2. The van der Waals surface area contributed by atoms with Crippen LogP contribution in [0.3, 0.4) is 0 Å². The maximum Gasteiger partial charge on any atom is 0.261 e. The first-order valence-corrected chi connectivity index (χ1v) is 14.7. The number of hydrogen-bond donors (Lipinski definition) is 1. The molecule has 2 amide bonds. The maximum atomic E-state index is 13.8. The first-order valence-electron chi connectivity index (χ1n) is 13.9. The molecule has 0 bridgehead atoms. The molecule has 3 aromatic carbocycles. The lowest BCUT2D eigenvalue weighted by Crippen LogP contribution is -2.53. The molecular weight excluding hydrogens is 571 g/mol. The Morgan fingerprint density at radius 1 is 1.00 bits per heavy atom. The average Bonchev–Trinajstić information content (AvgIpc) is 3.44. The highest BCUT2D eigenvalue weighted by atomic mass is 79.9. The fourth-order valence-electron chi connectivity index (χ4n) is 5.01. The van der Waals surface area contributed by atoms with E-state index in [0.29, 0.717) is 12.2 Å². The van der Waals surface area contributed by atoms with Gasteiger partial charge in [0.25, 0.3) is 5.91 Å². The molecule has 0 spiro atoms. The Hall–Kier alpha value is -3.19. The molecule has 0 unspecified atom stereocenters. The van der Waals surface area contributed by atoms with Crippen LogP contribution in [0.15, 0.2) is 77.3 Å². The first-order chi connectivity index (χ1) is 19.1. The normalized spacial score (nSPS) is 14.5. The van der Waals surface area contributed by atoms with Gasteiger partial charge in [0.05, 0.1) is 4.47 Å². The fraction of sp³-hybridized carbons (Fsp3) is 0.394. The molecule has 4 rings (SSSR count). The van der Waals surface area contributed by atoms with Gasteiger partial charge in [-0.25, -0.2) is 4.39 Å². The summed E-state index contributed by atoms with van der Waals surface area (Å²) >= 11 is 3.58. The standard InChI is InChI=1S/C33H38BrFN2O3/c1-33(2,3)25-15-18-30(28(34)20-25)40-22-31(38)37(21-24-13-16-26(35)17-14-24)29(19-23-9-5-4-6-10-23)32(39)36-27-11-7-8-12-27/h4-6,9-10,13-18,20,27,29H,7-8,11-12,19,21-22H2,1-3H3,(H,36,39)/t29-/m1/s1. The highest BCUT2D eigenvalue weighted by Crippen LogP contribution is 2.31. The van der Waals surface area contributed by atoms with E-state index in [2.05, 4.69) is 42.0 Å². The van der Waals surface area contributed by atoms with E-state index < -0.39 is 6.04 Å². The first kappa shape index (κ1) is 29.8. The van der Waals surface area contributed by atoms with Gasteiger partial charge in [-0.15, -0.1) is 0 Å². The Balaban J connectivity index is 1.60. The van der Waals surface area contributed by atoms with Gasteiger partial charge in [-0.05, 0) is 75.1 Å². The Morgan fingerprint density at radius 2 is 1.68 bits per heavy atom. The largest absolute Gasteiger partial charge is 0.483 e. The van der Waals surface area contributed by atoms with Gasteiger partial charge >= 0.3 is 0 Å². The van der Waals surface area contributed by atoms with Crippen LogP contribution in [-0.2, 0) is 28.0 Å². The lowest BCUT2D eigenvalue weighted by atomic mass is 9.87. The second-order valence-electron chi connectivity index (χ2n) is 11.5. The second kappa shape index (κ2) is 13.4. The third kappa shape index (κ3) is 8.17. The summed E-state index contributed by atoms with van der Waals surface area (Å²) in [6.45, 7) is 6.32. The quantitative estimate of drug-likeness (QED) is 0.270. The fourth-order valence-corrected chi connectivity index (χ4v) is 5.51. The third-order valence-corrected chi connectivity index (χ3v) is 8.01. The van der Waals surface area contributed by atoms with Crippen molar-refractivity contribution in [2.45, 2.75) is 76.9 Å². The maximum absolute atomic E-state index is 13.8. The van der Waals surface area contributed by atoms with Gasteiger partial charge < -0.3 is 15.0 Å². The monoisotopic (exact) mass is 608 g/mol. The van der Waals surface area contributed by atoms with Gasteiger partial charge in [-0.2, -0.15) is 0 Å². The Morgan fingerprint density at radius 3 is 2.30 bits per heavy atom. The molecule has 0 aromatic heterocycles. The van der Waals surface area contributed by atoms with Crippen LogP contribution in [0.2, 0.25) is 0 Å². The van der Waals surface area contributed by atoms with E-state index in [9.17, 15) is 14.0 Å². The van der Waals surface area contributed by atoms with Crippen LogP contribution in [0.5, 0.6) is 5.75 Å². The van der Waals surface area contributed by atoms with Crippen LogP contribution < -0.4 is 10.1 Å². The highest BCUT2D eigenvalue weighted by molar-refractivity contribution is 9.10. The van der Waals surface area contributed by atoms with E-state index in [1.165, 1.54) is 12.1 Å². The van der Waals surface area contributed by atoms with Crippen molar-refractivity contribution in [3.05, 3.63) is 99.8 Å². The van der Waals surface area contributed by atoms with E-state index in [1.807, 2.05) is 48.5 Å². The van der Waals surface area contributed by atoms with Gasteiger partial charge in [-0.1, -0.05) is 82.1 Å². The molecule has 1 aliphatic rings. The molecule has 1 atom stereocenters. The van der Waals surface area contributed by atoms with E-state index in [-0.39, 0.29) is 42.2 Å². The molecule has 0 saturated heterocycles. The number of benzene rings is 3. The molecule has 1 fully saturated rings. The van der Waals surface area contributed by atoms with Crippen molar-refractivity contribution >= 4 is 27.7 Å². The van der Waals surface area contributed by atoms with Crippen molar-refractivity contribution in [2.24, 2.45) is 0 Å². The van der Waals surface area contributed by atoms with Crippen LogP contribution in [0.25, 0.3) is 0 Å². The molecule has 1 saturated carbocycles. The second-order valence-corrected chi connectivity index (χ2v) is 12.4. The third-order valence-electron chi connectivity index (χ3n) is 7.39. The van der Waals surface area contributed by atoms with Gasteiger partial charge in [0.2, 0.25) is 5.91 Å². The summed E-state index contributed by atoms with van der Waals surface area (Å²) in [7, 11) is 0. The molecule has 40 heavy (non-hydrogen) atoms. The summed E-state index contributed by atoms with van der Waals surface area (Å²) in [6, 6.07) is 20.9. The molecule has 1 aliphatic carbocycles. The van der Waals surface area contributed by atoms with Crippen LogP contribution in [-0.4, -0.2) is 35.4 Å². The molecule has 212 valence electrons. The summed E-state index contributed by atoms with van der Waals surface area (Å²) in [5.41, 5.74) is 2.80. The van der Waals surface area contributed by atoms with Crippen molar-refractivity contribution < 1.29 is 18.7 Å². The minimum atomic E-state index is -0.754. The minimum Gasteiger partial charge on any atom is -0.483 e. The van der Waals surface area contributed by atoms with Gasteiger partial charge in [0, 0.05) is 19.0 Å². The van der Waals surface area contributed by atoms with Crippen LogP contribution >= 0.6 is 15.9 Å². The van der Waals surface area contributed by atoms with Gasteiger partial charge in [0.15, 0.2) is 6.61 Å². The SMILES string of the molecule is CC(C)(C)c1ccc(OCC(=O)N(Cc2ccc(F)cc2)[C@H](Cc2ccccc2)C(=O)NC2CCCC2)c(Br)c1. The summed E-state index contributed by atoms with van der Waals surface area (Å²) in [4.78, 5) is 29.1. The molecule has 0 aliphatic heterocycles.